The third kappa shape index (κ3) is 11.4. The van der Waals surface area contributed by atoms with Gasteiger partial charge in [-0.3, -0.25) is 0 Å². The second-order valence-electron chi connectivity index (χ2n) is 13.2. The van der Waals surface area contributed by atoms with E-state index in [0.717, 1.165) is 17.8 Å². The van der Waals surface area contributed by atoms with Gasteiger partial charge in [0.25, 0.3) is 0 Å². The molecule has 0 amide bonds. The Balaban J connectivity index is 1.40. The molecular formula is C43H58N2. The van der Waals surface area contributed by atoms with Crippen LogP contribution in [-0.4, -0.2) is 0 Å². The van der Waals surface area contributed by atoms with Crippen LogP contribution in [0.5, 0.6) is 0 Å². The average molecular weight is 603 g/mol. The summed E-state index contributed by atoms with van der Waals surface area (Å²) in [5, 5.41) is 0. The zero-order valence-corrected chi connectivity index (χ0v) is 28.2. The van der Waals surface area contributed by atoms with Crippen LogP contribution in [0.2, 0.25) is 0 Å². The molecule has 0 aromatic heterocycles. The first kappa shape index (κ1) is 34.4. The van der Waals surface area contributed by atoms with E-state index in [0.29, 0.717) is 11.8 Å². The van der Waals surface area contributed by atoms with Crippen molar-refractivity contribution in [3.8, 4) is 0 Å². The second kappa shape index (κ2) is 19.1. The zero-order chi connectivity index (χ0) is 31.7. The highest BCUT2D eigenvalue weighted by Gasteiger charge is 2.16. The maximum absolute atomic E-state index is 6.02. The van der Waals surface area contributed by atoms with E-state index >= 15 is 0 Å². The molecule has 0 heterocycles. The lowest BCUT2D eigenvalue weighted by Crippen LogP contribution is -2.03. The fourth-order valence-electron chi connectivity index (χ4n) is 6.74. The van der Waals surface area contributed by atoms with Crippen molar-refractivity contribution in [3.05, 3.63) is 130 Å². The van der Waals surface area contributed by atoms with Crippen molar-refractivity contribution in [2.75, 3.05) is 11.5 Å². The van der Waals surface area contributed by atoms with E-state index in [9.17, 15) is 0 Å². The Morgan fingerprint density at radius 1 is 0.378 bits per heavy atom. The second-order valence-corrected chi connectivity index (χ2v) is 13.2. The summed E-state index contributed by atoms with van der Waals surface area (Å²) in [6, 6.07) is 35.9. The van der Waals surface area contributed by atoms with Gasteiger partial charge in [0.15, 0.2) is 0 Å². The highest BCUT2D eigenvalue weighted by molar-refractivity contribution is 5.45. The van der Waals surface area contributed by atoms with Gasteiger partial charge in [-0.15, -0.1) is 0 Å². The van der Waals surface area contributed by atoms with Crippen molar-refractivity contribution in [2.24, 2.45) is 0 Å². The number of hydrogen-bond donors (Lipinski definition) is 2. The predicted octanol–water partition coefficient (Wildman–Crippen LogP) is 12.2. The van der Waals surface area contributed by atoms with Crippen LogP contribution in [-0.2, 0) is 6.42 Å². The summed E-state index contributed by atoms with van der Waals surface area (Å²) >= 11 is 0. The molecule has 4 aromatic rings. The quantitative estimate of drug-likeness (QED) is 0.0781. The SMILES string of the molecule is CCCCCCCCC(c1ccc(N)cc1)c1ccc(Cc2ccc(C(CCCCCCCC)c3ccc(N)cc3)cc2)cc1. The molecule has 0 saturated heterocycles. The van der Waals surface area contributed by atoms with E-state index < -0.39 is 0 Å². The van der Waals surface area contributed by atoms with Crippen LogP contribution in [0.15, 0.2) is 97.1 Å². The molecule has 2 atom stereocenters. The van der Waals surface area contributed by atoms with Crippen molar-refractivity contribution < 1.29 is 0 Å². The Morgan fingerprint density at radius 3 is 1.00 bits per heavy atom. The van der Waals surface area contributed by atoms with Crippen molar-refractivity contribution in [2.45, 2.75) is 122 Å². The zero-order valence-electron chi connectivity index (χ0n) is 28.2. The van der Waals surface area contributed by atoms with Gasteiger partial charge in [0.05, 0.1) is 0 Å². The molecule has 0 spiro atoms. The molecule has 0 saturated carbocycles. The summed E-state index contributed by atoms with van der Waals surface area (Å²) in [5.41, 5.74) is 22.0. The fraction of sp³-hybridized carbons (Fsp3) is 0.442. The Bertz CT molecular complexity index is 1230. The molecule has 2 unspecified atom stereocenters. The summed E-state index contributed by atoms with van der Waals surface area (Å²) in [5.74, 6) is 0.837. The lowest BCUT2D eigenvalue weighted by Gasteiger charge is -2.20. The first-order valence-corrected chi connectivity index (χ1v) is 18.0. The molecule has 0 radical (unpaired) electrons. The average Bonchev–Trinajstić information content (AvgIpc) is 3.06. The van der Waals surface area contributed by atoms with Crippen LogP contribution in [0.4, 0.5) is 11.4 Å². The maximum Gasteiger partial charge on any atom is 0.0314 e. The molecule has 45 heavy (non-hydrogen) atoms. The standard InChI is InChI=1S/C43H58N2/c1-3-5-7-9-11-13-15-42(38-25-29-40(44)30-26-38)36-21-17-34(18-22-36)33-35-19-23-37(24-20-35)43(16-14-12-10-8-6-4-2)39-27-31-41(45)32-28-39/h17-32,42-43H,3-16,33,44-45H2,1-2H3. The van der Waals surface area contributed by atoms with Gasteiger partial charge in [-0.1, -0.05) is 164 Å². The number of nitrogen functional groups attached to an aromatic ring is 2. The van der Waals surface area contributed by atoms with Crippen LogP contribution >= 0.6 is 0 Å². The van der Waals surface area contributed by atoms with Gasteiger partial charge < -0.3 is 11.5 Å². The minimum Gasteiger partial charge on any atom is -0.399 e. The van der Waals surface area contributed by atoms with Gasteiger partial charge >= 0.3 is 0 Å². The molecule has 0 bridgehead atoms. The number of benzene rings is 4. The largest absolute Gasteiger partial charge is 0.399 e. The molecule has 4 aromatic carbocycles. The van der Waals surface area contributed by atoms with Gasteiger partial charge in [0, 0.05) is 23.2 Å². The smallest absolute Gasteiger partial charge is 0.0314 e. The molecule has 4 rings (SSSR count). The number of unbranched alkanes of at least 4 members (excludes halogenated alkanes) is 10. The van der Waals surface area contributed by atoms with Gasteiger partial charge in [-0.05, 0) is 76.9 Å². The minimum absolute atomic E-state index is 0.419. The van der Waals surface area contributed by atoms with Gasteiger partial charge in [0.2, 0.25) is 0 Å². The fourth-order valence-corrected chi connectivity index (χ4v) is 6.74. The summed E-state index contributed by atoms with van der Waals surface area (Å²) < 4.78 is 0. The van der Waals surface area contributed by atoms with E-state index in [2.05, 4.69) is 86.6 Å². The van der Waals surface area contributed by atoms with Gasteiger partial charge in [-0.2, -0.15) is 0 Å². The predicted molar refractivity (Wildman–Crippen MR) is 197 cm³/mol. The van der Waals surface area contributed by atoms with Crippen molar-refractivity contribution in [1.82, 2.24) is 0 Å². The van der Waals surface area contributed by atoms with Crippen LogP contribution in [0, 0.1) is 0 Å². The Morgan fingerprint density at radius 2 is 0.667 bits per heavy atom. The van der Waals surface area contributed by atoms with Gasteiger partial charge in [0.1, 0.15) is 0 Å². The Hall–Kier alpha value is -3.52. The lowest BCUT2D eigenvalue weighted by molar-refractivity contribution is 0.568. The minimum atomic E-state index is 0.419. The molecule has 0 aliphatic heterocycles. The number of rotatable bonds is 20. The Labute approximate surface area is 274 Å². The molecule has 2 heteroatoms. The van der Waals surface area contributed by atoms with E-state index in [1.807, 2.05) is 24.3 Å². The molecule has 0 aliphatic rings. The number of anilines is 2. The lowest BCUT2D eigenvalue weighted by atomic mass is 9.85. The van der Waals surface area contributed by atoms with E-state index in [1.54, 1.807) is 0 Å². The highest BCUT2D eigenvalue weighted by atomic mass is 14.5. The molecule has 0 fully saturated rings. The molecule has 240 valence electrons. The van der Waals surface area contributed by atoms with Crippen molar-refractivity contribution >= 4 is 11.4 Å². The normalized spacial score (nSPS) is 12.7. The van der Waals surface area contributed by atoms with Crippen molar-refractivity contribution in [3.63, 3.8) is 0 Å². The van der Waals surface area contributed by atoms with E-state index in [1.165, 1.54) is 123 Å². The van der Waals surface area contributed by atoms with Gasteiger partial charge in [-0.25, -0.2) is 0 Å². The third-order valence-corrected chi connectivity index (χ3v) is 9.54. The monoisotopic (exact) mass is 602 g/mol. The van der Waals surface area contributed by atoms with Crippen LogP contribution in [0.25, 0.3) is 0 Å². The van der Waals surface area contributed by atoms with E-state index in [-0.39, 0.29) is 0 Å². The van der Waals surface area contributed by atoms with Crippen molar-refractivity contribution in [1.29, 1.82) is 0 Å². The Kier molecular flexibility index (Phi) is 14.6. The number of nitrogens with two attached hydrogens (primary N) is 2. The third-order valence-electron chi connectivity index (χ3n) is 9.54. The summed E-state index contributed by atoms with van der Waals surface area (Å²) in [7, 11) is 0. The summed E-state index contributed by atoms with van der Waals surface area (Å²) in [4.78, 5) is 0. The van der Waals surface area contributed by atoms with Crippen LogP contribution in [0.1, 0.15) is 149 Å². The maximum atomic E-state index is 6.02. The highest BCUT2D eigenvalue weighted by Crippen LogP contribution is 2.33. The summed E-state index contributed by atoms with van der Waals surface area (Å²) in [6.07, 6.45) is 19.2. The van der Waals surface area contributed by atoms with E-state index in [4.69, 9.17) is 11.5 Å². The first-order valence-electron chi connectivity index (χ1n) is 18.0. The molecular weight excluding hydrogens is 544 g/mol. The van der Waals surface area contributed by atoms with Crippen LogP contribution < -0.4 is 11.5 Å². The molecule has 2 nitrogen and oxygen atoms in total. The molecule has 4 N–H and O–H groups in total. The molecule has 0 aliphatic carbocycles. The van der Waals surface area contributed by atoms with Crippen LogP contribution in [0.3, 0.4) is 0 Å². The first-order chi connectivity index (χ1) is 22.1. The topological polar surface area (TPSA) is 52.0 Å². The number of hydrogen-bond acceptors (Lipinski definition) is 2. The summed E-state index contributed by atoms with van der Waals surface area (Å²) in [6.45, 7) is 4.57.